The molecule has 2 aromatic carbocycles. The molecule has 0 aliphatic carbocycles. The summed E-state index contributed by atoms with van der Waals surface area (Å²) in [5, 5.41) is 9.01. The summed E-state index contributed by atoms with van der Waals surface area (Å²) in [7, 11) is 0. The Hall–Kier alpha value is -2.45. The molecule has 0 aromatic heterocycles. The van der Waals surface area contributed by atoms with Gasteiger partial charge in [-0.05, 0) is 48.9 Å². The lowest BCUT2D eigenvalue weighted by Gasteiger charge is -2.30. The first-order chi connectivity index (χ1) is 12.9. The van der Waals surface area contributed by atoms with Crippen LogP contribution in [0.15, 0.2) is 36.4 Å². The van der Waals surface area contributed by atoms with Crippen molar-refractivity contribution >= 4 is 41.0 Å². The van der Waals surface area contributed by atoms with Gasteiger partial charge in [-0.25, -0.2) is 9.59 Å². The molecule has 0 saturated carbocycles. The molecule has 28 heavy (non-hydrogen) atoms. The van der Waals surface area contributed by atoms with Gasteiger partial charge in [-0.1, -0.05) is 23.2 Å². The monoisotopic (exact) mass is 433 g/mol. The zero-order valence-electron chi connectivity index (χ0n) is 14.2. The molecule has 1 atom stereocenters. The number of halogens is 5. The molecule has 1 amide bonds. The Morgan fingerprint density at radius 2 is 1.79 bits per heavy atom. The summed E-state index contributed by atoms with van der Waals surface area (Å²) in [5.41, 5.74) is -3.05. The maximum absolute atomic E-state index is 14.0. The first kappa shape index (κ1) is 20.3. The normalized spacial score (nSPS) is 19.6. The summed E-state index contributed by atoms with van der Waals surface area (Å²) in [6, 6.07) is 7.10. The van der Waals surface area contributed by atoms with Crippen LogP contribution in [0.25, 0.3) is 0 Å². The van der Waals surface area contributed by atoms with Crippen LogP contribution in [0.5, 0.6) is 0 Å². The SMILES string of the molecule is Cc1cc(N2CC(c3cc(Cl)cc(Cl)c3)(C(F)(F)F)OC2=O)ccc1C(=O)O. The molecule has 1 fully saturated rings. The van der Waals surface area contributed by atoms with Gasteiger partial charge in [0.2, 0.25) is 0 Å². The van der Waals surface area contributed by atoms with E-state index in [1.807, 2.05) is 0 Å². The number of cyclic esters (lactones) is 1. The number of rotatable bonds is 3. The Kier molecular flexibility index (Phi) is 4.97. The quantitative estimate of drug-likeness (QED) is 0.701. The number of aryl methyl sites for hydroxylation is 1. The third-order valence-corrected chi connectivity index (χ3v) is 4.84. The highest BCUT2D eigenvalue weighted by Gasteiger charge is 2.65. The number of carbonyl (C=O) groups excluding carboxylic acids is 1. The van der Waals surface area contributed by atoms with Crippen LogP contribution >= 0.6 is 23.2 Å². The zero-order chi connectivity index (χ0) is 20.9. The number of hydrogen-bond acceptors (Lipinski definition) is 3. The minimum atomic E-state index is -4.96. The molecule has 2 aromatic rings. The minimum Gasteiger partial charge on any atom is -0.478 e. The first-order valence-corrected chi connectivity index (χ1v) is 8.58. The van der Waals surface area contributed by atoms with E-state index >= 15 is 0 Å². The number of alkyl halides is 3. The lowest BCUT2D eigenvalue weighted by Crippen LogP contribution is -2.46. The minimum absolute atomic E-state index is 0.0278. The number of ether oxygens (including phenoxy) is 1. The number of carbonyl (C=O) groups is 2. The van der Waals surface area contributed by atoms with Crippen molar-refractivity contribution in [2.45, 2.75) is 18.7 Å². The van der Waals surface area contributed by atoms with Crippen LogP contribution in [-0.4, -0.2) is 29.9 Å². The Morgan fingerprint density at radius 3 is 2.29 bits per heavy atom. The van der Waals surface area contributed by atoms with Gasteiger partial charge in [0.25, 0.3) is 5.60 Å². The van der Waals surface area contributed by atoms with E-state index in [0.29, 0.717) is 0 Å². The molecule has 1 unspecified atom stereocenters. The van der Waals surface area contributed by atoms with Gasteiger partial charge in [0, 0.05) is 21.3 Å². The maximum Gasteiger partial charge on any atom is 0.434 e. The second-order valence-electron chi connectivity index (χ2n) is 6.24. The number of carboxylic acid groups (broad SMARTS) is 1. The largest absolute Gasteiger partial charge is 0.478 e. The van der Waals surface area contributed by atoms with Crippen LogP contribution in [-0.2, 0) is 10.3 Å². The molecule has 3 rings (SSSR count). The van der Waals surface area contributed by atoms with E-state index in [0.717, 1.165) is 17.0 Å². The van der Waals surface area contributed by atoms with Crippen molar-refractivity contribution in [1.29, 1.82) is 0 Å². The fourth-order valence-corrected chi connectivity index (χ4v) is 3.55. The fraction of sp³-hybridized carbons (Fsp3) is 0.222. The van der Waals surface area contributed by atoms with Crippen LogP contribution in [0.4, 0.5) is 23.7 Å². The van der Waals surface area contributed by atoms with Crippen molar-refractivity contribution in [3.05, 3.63) is 63.1 Å². The van der Waals surface area contributed by atoms with Crippen molar-refractivity contribution in [3.8, 4) is 0 Å². The standard InChI is InChI=1S/C18H12Cl2F3NO4/c1-9-4-13(2-3-14(9)15(25)26)24-8-17(18(21,22)23,28-16(24)27)10-5-11(19)7-12(20)6-10/h2-7H,8H2,1H3,(H,25,26). The van der Waals surface area contributed by atoms with Crippen molar-refractivity contribution < 1.29 is 32.6 Å². The van der Waals surface area contributed by atoms with Gasteiger partial charge in [0.05, 0.1) is 12.1 Å². The van der Waals surface area contributed by atoms with E-state index in [-0.39, 0.29) is 26.9 Å². The van der Waals surface area contributed by atoms with Gasteiger partial charge in [0.1, 0.15) is 0 Å². The third-order valence-electron chi connectivity index (χ3n) is 4.40. The number of nitrogens with zero attached hydrogens (tertiary/aromatic N) is 1. The molecule has 1 heterocycles. The average Bonchev–Trinajstić information content (AvgIpc) is 2.92. The summed E-state index contributed by atoms with van der Waals surface area (Å²) in [6.45, 7) is 0.597. The molecule has 5 nitrogen and oxygen atoms in total. The van der Waals surface area contributed by atoms with Crippen molar-refractivity contribution in [1.82, 2.24) is 0 Å². The molecule has 10 heteroatoms. The molecule has 1 aliphatic rings. The Bertz CT molecular complexity index is 960. The molecule has 1 aliphatic heterocycles. The van der Waals surface area contributed by atoms with Crippen molar-refractivity contribution in [2.24, 2.45) is 0 Å². The summed E-state index contributed by atoms with van der Waals surface area (Å²) < 4.78 is 46.8. The molecule has 0 bridgehead atoms. The van der Waals surface area contributed by atoms with Crippen LogP contribution in [0.2, 0.25) is 10.0 Å². The van der Waals surface area contributed by atoms with Gasteiger partial charge in [-0.15, -0.1) is 0 Å². The van der Waals surface area contributed by atoms with Crippen LogP contribution < -0.4 is 4.90 Å². The third kappa shape index (κ3) is 3.38. The highest BCUT2D eigenvalue weighted by Crippen LogP contribution is 2.48. The number of aromatic carboxylic acids is 1. The predicted molar refractivity (Wildman–Crippen MR) is 96.2 cm³/mol. The van der Waals surface area contributed by atoms with Gasteiger partial charge in [-0.3, -0.25) is 4.90 Å². The number of anilines is 1. The van der Waals surface area contributed by atoms with Gasteiger partial charge in [-0.2, -0.15) is 13.2 Å². The number of carboxylic acids is 1. The zero-order valence-corrected chi connectivity index (χ0v) is 15.7. The van der Waals surface area contributed by atoms with Crippen LogP contribution in [0, 0.1) is 6.92 Å². The van der Waals surface area contributed by atoms with Gasteiger partial charge in [0.15, 0.2) is 0 Å². The van der Waals surface area contributed by atoms with E-state index in [9.17, 15) is 22.8 Å². The van der Waals surface area contributed by atoms with Gasteiger partial charge >= 0.3 is 18.2 Å². The van der Waals surface area contributed by atoms with E-state index in [4.69, 9.17) is 33.0 Å². The maximum atomic E-state index is 14.0. The number of benzene rings is 2. The molecule has 0 radical (unpaired) electrons. The summed E-state index contributed by atoms with van der Waals surface area (Å²) in [5.74, 6) is -1.19. The first-order valence-electron chi connectivity index (χ1n) is 7.82. The molecular weight excluding hydrogens is 422 g/mol. The Morgan fingerprint density at radius 1 is 1.18 bits per heavy atom. The molecule has 1 N–H and O–H groups in total. The summed E-state index contributed by atoms with van der Waals surface area (Å²) in [4.78, 5) is 24.2. The average molecular weight is 434 g/mol. The Balaban J connectivity index is 2.08. The topological polar surface area (TPSA) is 66.8 Å². The molecule has 0 spiro atoms. The lowest BCUT2D eigenvalue weighted by atomic mass is 9.92. The number of hydrogen-bond donors (Lipinski definition) is 1. The second kappa shape index (κ2) is 6.86. The lowest BCUT2D eigenvalue weighted by molar-refractivity contribution is -0.250. The highest BCUT2D eigenvalue weighted by molar-refractivity contribution is 6.34. The second-order valence-corrected chi connectivity index (χ2v) is 7.11. The van der Waals surface area contributed by atoms with Gasteiger partial charge < -0.3 is 9.84 Å². The van der Waals surface area contributed by atoms with Crippen LogP contribution in [0.3, 0.4) is 0 Å². The number of amides is 1. The van der Waals surface area contributed by atoms with E-state index in [2.05, 4.69) is 0 Å². The van der Waals surface area contributed by atoms with E-state index in [1.165, 1.54) is 31.2 Å². The predicted octanol–water partition coefficient (Wildman–Crippen LogP) is 5.41. The fourth-order valence-electron chi connectivity index (χ4n) is 3.02. The van der Waals surface area contributed by atoms with E-state index < -0.39 is 35.9 Å². The summed E-state index contributed by atoms with van der Waals surface area (Å²) >= 11 is 11.7. The molecule has 148 valence electrons. The van der Waals surface area contributed by atoms with Crippen LogP contribution in [0.1, 0.15) is 21.5 Å². The smallest absolute Gasteiger partial charge is 0.434 e. The Labute approximate surface area is 167 Å². The highest BCUT2D eigenvalue weighted by atomic mass is 35.5. The van der Waals surface area contributed by atoms with Crippen molar-refractivity contribution in [3.63, 3.8) is 0 Å². The summed E-state index contributed by atoms with van der Waals surface area (Å²) in [6.07, 6.45) is -6.18. The molecular formula is C18H12Cl2F3NO4. The van der Waals surface area contributed by atoms with Crippen molar-refractivity contribution in [2.75, 3.05) is 11.4 Å². The molecule has 1 saturated heterocycles. The van der Waals surface area contributed by atoms with E-state index in [1.54, 1.807) is 0 Å².